The lowest BCUT2D eigenvalue weighted by molar-refractivity contribution is -0.143. The number of aliphatic imine (C=N–C) groups is 1. The third-order valence-corrected chi connectivity index (χ3v) is 6.76. The SMILES string of the molecule is COc1cccc([C@@H]2C(C(=O)OC(C)C)=C(C)N=C3SC=C(CC(=O)NCc4ccncc4)N32)c1OC. The Morgan fingerprint density at radius 2 is 1.89 bits per heavy atom. The molecule has 1 amide bonds. The smallest absolute Gasteiger partial charge is 0.338 e. The Morgan fingerprint density at radius 1 is 1.14 bits per heavy atom. The van der Waals surface area contributed by atoms with Gasteiger partial charge in [-0.2, -0.15) is 0 Å². The third-order valence-electron chi connectivity index (χ3n) is 5.87. The van der Waals surface area contributed by atoms with E-state index in [-0.39, 0.29) is 18.4 Å². The normalized spacial score (nSPS) is 16.7. The Bertz CT molecular complexity index is 1270. The number of hydrogen-bond acceptors (Lipinski definition) is 9. The number of methoxy groups -OCH3 is 2. The maximum Gasteiger partial charge on any atom is 0.338 e. The van der Waals surface area contributed by atoms with Crippen LogP contribution in [0.15, 0.2) is 70.1 Å². The molecule has 3 heterocycles. The first-order valence-electron chi connectivity index (χ1n) is 11.9. The van der Waals surface area contributed by atoms with Gasteiger partial charge in [0.15, 0.2) is 16.7 Å². The van der Waals surface area contributed by atoms with Gasteiger partial charge in [-0.05, 0) is 49.9 Å². The fourth-order valence-electron chi connectivity index (χ4n) is 4.26. The van der Waals surface area contributed by atoms with Crippen LogP contribution in [-0.2, 0) is 20.9 Å². The lowest BCUT2D eigenvalue weighted by atomic mass is 9.92. The summed E-state index contributed by atoms with van der Waals surface area (Å²) in [6.07, 6.45) is 3.16. The van der Waals surface area contributed by atoms with E-state index in [1.807, 2.05) is 34.6 Å². The molecular weight excluding hydrogens is 492 g/mol. The van der Waals surface area contributed by atoms with Crippen LogP contribution in [0.2, 0.25) is 0 Å². The number of carbonyl (C=O) groups is 2. The molecule has 0 spiro atoms. The van der Waals surface area contributed by atoms with E-state index in [1.54, 1.807) is 53.5 Å². The van der Waals surface area contributed by atoms with Crippen LogP contribution in [0.4, 0.5) is 0 Å². The summed E-state index contributed by atoms with van der Waals surface area (Å²) in [7, 11) is 3.12. The van der Waals surface area contributed by atoms with Gasteiger partial charge in [0.1, 0.15) is 0 Å². The molecule has 0 bridgehead atoms. The van der Waals surface area contributed by atoms with Gasteiger partial charge in [0, 0.05) is 30.2 Å². The minimum atomic E-state index is -0.627. The highest BCUT2D eigenvalue weighted by Gasteiger charge is 2.43. The Hall–Kier alpha value is -3.79. The molecule has 1 aromatic heterocycles. The molecule has 2 aromatic rings. The Balaban J connectivity index is 1.70. The predicted octanol–water partition coefficient (Wildman–Crippen LogP) is 4.33. The molecule has 2 aliphatic heterocycles. The average Bonchev–Trinajstić information content (AvgIpc) is 3.27. The first-order chi connectivity index (χ1) is 17.8. The number of nitrogens with zero attached hydrogens (tertiary/aromatic N) is 3. The van der Waals surface area contributed by atoms with Gasteiger partial charge in [0.25, 0.3) is 0 Å². The minimum absolute atomic E-state index is 0.103. The molecule has 0 aliphatic carbocycles. The number of pyridine rings is 1. The highest BCUT2D eigenvalue weighted by Crippen LogP contribution is 2.48. The van der Waals surface area contributed by atoms with Crippen molar-refractivity contribution in [2.45, 2.75) is 45.9 Å². The van der Waals surface area contributed by atoms with Crippen molar-refractivity contribution in [3.05, 3.63) is 76.2 Å². The van der Waals surface area contributed by atoms with E-state index >= 15 is 0 Å². The van der Waals surface area contributed by atoms with Crippen LogP contribution >= 0.6 is 11.8 Å². The van der Waals surface area contributed by atoms with E-state index in [4.69, 9.17) is 19.2 Å². The number of carbonyl (C=O) groups excluding carboxylic acids is 2. The second-order valence-corrected chi connectivity index (χ2v) is 9.58. The topological polar surface area (TPSA) is 102 Å². The number of fused-ring (bicyclic) bond motifs is 1. The predicted molar refractivity (Wildman–Crippen MR) is 142 cm³/mol. The molecule has 0 saturated carbocycles. The zero-order chi connectivity index (χ0) is 26.5. The molecular formula is C27H30N4O5S. The number of hydrogen-bond donors (Lipinski definition) is 1. The van der Waals surface area contributed by atoms with Crippen molar-refractivity contribution in [2.75, 3.05) is 14.2 Å². The molecule has 0 radical (unpaired) electrons. The van der Waals surface area contributed by atoms with Crippen molar-refractivity contribution < 1.29 is 23.8 Å². The average molecular weight is 523 g/mol. The van der Waals surface area contributed by atoms with Crippen LogP contribution in [0.25, 0.3) is 0 Å². The van der Waals surface area contributed by atoms with Crippen LogP contribution in [0, 0.1) is 0 Å². The molecule has 1 N–H and O–H groups in total. The molecule has 37 heavy (non-hydrogen) atoms. The second kappa shape index (κ2) is 11.5. The zero-order valence-corrected chi connectivity index (χ0v) is 22.3. The molecule has 2 aliphatic rings. The summed E-state index contributed by atoms with van der Waals surface area (Å²) in [6, 6.07) is 8.60. The standard InChI is InChI=1S/C27H30N4O5S/c1-16(2)36-26(33)23-17(3)30-27-31(24(23)20-7-6-8-21(34-4)25(20)35-5)19(15-37-27)13-22(32)29-14-18-9-11-28-12-10-18/h6-12,15-16,24H,13-14H2,1-5H3,(H,29,32)/t24-/m1/s1. The minimum Gasteiger partial charge on any atom is -0.493 e. The van der Waals surface area contributed by atoms with E-state index < -0.39 is 12.0 Å². The number of para-hydroxylation sites is 1. The molecule has 0 saturated heterocycles. The van der Waals surface area contributed by atoms with Crippen molar-refractivity contribution >= 4 is 28.8 Å². The number of rotatable bonds is 9. The molecule has 0 fully saturated rings. The van der Waals surface area contributed by atoms with E-state index in [0.29, 0.717) is 45.7 Å². The van der Waals surface area contributed by atoms with Crippen LogP contribution in [0.3, 0.4) is 0 Å². The molecule has 9 nitrogen and oxygen atoms in total. The Labute approximate surface area is 220 Å². The number of nitrogens with one attached hydrogen (secondary N) is 1. The van der Waals surface area contributed by atoms with Gasteiger partial charge >= 0.3 is 5.97 Å². The van der Waals surface area contributed by atoms with E-state index in [0.717, 1.165) is 5.56 Å². The fourth-order valence-corrected chi connectivity index (χ4v) is 5.22. The summed E-state index contributed by atoms with van der Waals surface area (Å²) >= 11 is 1.41. The van der Waals surface area contributed by atoms with Crippen LogP contribution in [0.1, 0.15) is 44.4 Å². The van der Waals surface area contributed by atoms with Gasteiger partial charge in [-0.15, -0.1) is 0 Å². The molecule has 0 unspecified atom stereocenters. The van der Waals surface area contributed by atoms with Crippen LogP contribution in [-0.4, -0.2) is 47.3 Å². The van der Waals surface area contributed by atoms with Crippen molar-refractivity contribution in [1.82, 2.24) is 15.2 Å². The first-order valence-corrected chi connectivity index (χ1v) is 12.7. The molecule has 1 atom stereocenters. The number of amidine groups is 1. The number of amides is 1. The highest BCUT2D eigenvalue weighted by molar-refractivity contribution is 8.16. The van der Waals surface area contributed by atoms with E-state index in [1.165, 1.54) is 11.8 Å². The highest BCUT2D eigenvalue weighted by atomic mass is 32.2. The first kappa shape index (κ1) is 26.3. The van der Waals surface area contributed by atoms with Gasteiger partial charge < -0.3 is 24.4 Å². The van der Waals surface area contributed by atoms with E-state index in [9.17, 15) is 9.59 Å². The van der Waals surface area contributed by atoms with Crippen molar-refractivity contribution in [3.63, 3.8) is 0 Å². The number of allylic oxidation sites excluding steroid dienone is 1. The number of esters is 1. The number of benzene rings is 1. The van der Waals surface area contributed by atoms with Gasteiger partial charge in [0.05, 0.1) is 44.1 Å². The van der Waals surface area contributed by atoms with Crippen molar-refractivity contribution in [2.24, 2.45) is 4.99 Å². The van der Waals surface area contributed by atoms with E-state index in [2.05, 4.69) is 10.3 Å². The van der Waals surface area contributed by atoms with Gasteiger partial charge in [0.2, 0.25) is 5.91 Å². The monoisotopic (exact) mass is 522 g/mol. The van der Waals surface area contributed by atoms with Gasteiger partial charge in [-0.1, -0.05) is 23.9 Å². The lowest BCUT2D eigenvalue weighted by Crippen LogP contribution is -2.38. The number of ether oxygens (including phenoxy) is 3. The van der Waals surface area contributed by atoms with Crippen molar-refractivity contribution in [1.29, 1.82) is 0 Å². The summed E-state index contributed by atoms with van der Waals surface area (Å²) in [5, 5.41) is 5.52. The fraction of sp³-hybridized carbons (Fsp3) is 0.333. The quantitative estimate of drug-likeness (QED) is 0.486. The Morgan fingerprint density at radius 3 is 2.57 bits per heavy atom. The second-order valence-electron chi connectivity index (χ2n) is 8.74. The lowest BCUT2D eigenvalue weighted by Gasteiger charge is -2.37. The van der Waals surface area contributed by atoms with Gasteiger partial charge in [-0.25, -0.2) is 9.79 Å². The summed E-state index contributed by atoms with van der Waals surface area (Å²) in [6.45, 7) is 5.79. The van der Waals surface area contributed by atoms with Gasteiger partial charge in [-0.3, -0.25) is 9.78 Å². The number of thioether (sulfide) groups is 1. The number of aromatic nitrogens is 1. The molecule has 4 rings (SSSR count). The summed E-state index contributed by atoms with van der Waals surface area (Å²) in [5.41, 5.74) is 3.31. The maximum atomic E-state index is 13.4. The summed E-state index contributed by atoms with van der Waals surface area (Å²) in [4.78, 5) is 36.9. The molecule has 194 valence electrons. The van der Waals surface area contributed by atoms with Crippen LogP contribution < -0.4 is 14.8 Å². The maximum absolute atomic E-state index is 13.4. The molecule has 1 aromatic carbocycles. The summed E-state index contributed by atoms with van der Waals surface area (Å²) < 4.78 is 16.9. The van der Waals surface area contributed by atoms with Crippen LogP contribution in [0.5, 0.6) is 11.5 Å². The molecule has 10 heteroatoms. The Kier molecular flexibility index (Phi) is 8.17. The van der Waals surface area contributed by atoms with Crippen molar-refractivity contribution in [3.8, 4) is 11.5 Å². The zero-order valence-electron chi connectivity index (χ0n) is 21.5. The third kappa shape index (κ3) is 5.64. The summed E-state index contributed by atoms with van der Waals surface area (Å²) in [5.74, 6) is 0.408. The largest absolute Gasteiger partial charge is 0.493 e.